The van der Waals surface area contributed by atoms with Gasteiger partial charge < -0.3 is 31.9 Å². The van der Waals surface area contributed by atoms with Crippen LogP contribution in [0.4, 0.5) is 11.4 Å². The number of aliphatic hydroxyl groups excluding tert-OH is 2. The summed E-state index contributed by atoms with van der Waals surface area (Å²) in [4.78, 5) is 85.4. The minimum absolute atomic E-state index is 0.0355. The molecule has 7 N–H and O–H groups in total. The molecule has 0 saturated carbocycles. The van der Waals surface area contributed by atoms with Gasteiger partial charge in [0.1, 0.15) is 6.54 Å². The van der Waals surface area contributed by atoms with Crippen molar-refractivity contribution in [2.45, 2.75) is 79.7 Å². The van der Waals surface area contributed by atoms with Gasteiger partial charge in [0.15, 0.2) is 11.6 Å². The predicted molar refractivity (Wildman–Crippen MR) is 195 cm³/mol. The number of rotatable bonds is 17. The lowest BCUT2D eigenvalue weighted by Crippen LogP contribution is -2.49. The van der Waals surface area contributed by atoms with Crippen molar-refractivity contribution in [1.82, 2.24) is 10.2 Å². The maximum absolute atomic E-state index is 12.8. The van der Waals surface area contributed by atoms with E-state index >= 15 is 0 Å². The van der Waals surface area contributed by atoms with Crippen molar-refractivity contribution < 1.29 is 43.8 Å². The number of nitrogens with two attached hydrogens (primary N) is 1. The van der Waals surface area contributed by atoms with Crippen molar-refractivity contribution in [2.24, 2.45) is 29.4 Å². The maximum Gasteiger partial charge on any atom is 0.254 e. The van der Waals surface area contributed by atoms with Crippen LogP contribution in [0.1, 0.15) is 65.5 Å². The van der Waals surface area contributed by atoms with Crippen LogP contribution in [0.2, 0.25) is 0 Å². The Morgan fingerprint density at radius 2 is 1.06 bits per heavy atom. The van der Waals surface area contributed by atoms with E-state index in [1.165, 1.54) is 0 Å². The Morgan fingerprint density at radius 1 is 0.654 bits per heavy atom. The molecule has 0 aliphatic carbocycles. The molecular weight excluding hydrogens is 670 g/mol. The molecule has 14 heteroatoms. The van der Waals surface area contributed by atoms with Crippen molar-refractivity contribution >= 4 is 52.5 Å². The molecular formula is C38H51N5O9. The van der Waals surface area contributed by atoms with Gasteiger partial charge in [0.25, 0.3) is 11.8 Å². The summed E-state index contributed by atoms with van der Waals surface area (Å²) in [6.07, 6.45) is 2.21. The van der Waals surface area contributed by atoms with E-state index in [1.54, 1.807) is 76.2 Å². The molecule has 282 valence electrons. The van der Waals surface area contributed by atoms with Gasteiger partial charge in [0.05, 0.1) is 25.3 Å². The molecule has 0 aromatic heterocycles. The zero-order chi connectivity index (χ0) is 39.1. The molecule has 5 amide bonds. The number of nitrogens with zero attached hydrogens (tertiary/aromatic N) is 1. The molecule has 1 heterocycles. The van der Waals surface area contributed by atoms with Crippen LogP contribution in [0, 0.1) is 23.7 Å². The number of benzene rings is 2. The molecule has 14 nitrogen and oxygen atoms in total. The predicted octanol–water partition coefficient (Wildman–Crippen LogP) is 2.47. The summed E-state index contributed by atoms with van der Waals surface area (Å²) >= 11 is 0. The van der Waals surface area contributed by atoms with Crippen LogP contribution < -0.4 is 21.7 Å². The molecule has 52 heavy (non-hydrogen) atoms. The Kier molecular flexibility index (Phi) is 17.2. The molecule has 1 aliphatic heterocycles. The number of Topliss-reactive ketones (excluding diaryl/α,β-unsaturated/α-hetero) is 2. The van der Waals surface area contributed by atoms with Gasteiger partial charge in [-0.25, -0.2) is 0 Å². The summed E-state index contributed by atoms with van der Waals surface area (Å²) in [5, 5.41) is 26.1. The third-order valence-corrected chi connectivity index (χ3v) is 8.34. The van der Waals surface area contributed by atoms with Crippen molar-refractivity contribution in [3.8, 4) is 0 Å². The Hall–Kier alpha value is -5.05. The molecule has 2 aromatic carbocycles. The first-order valence-electron chi connectivity index (χ1n) is 17.1. The Bertz CT molecular complexity index is 1590. The number of nitrogens with one attached hydrogen (secondary N) is 3. The van der Waals surface area contributed by atoms with Gasteiger partial charge in [-0.15, -0.1) is 0 Å². The summed E-state index contributed by atoms with van der Waals surface area (Å²) in [7, 11) is 0. The second-order valence-electron chi connectivity index (χ2n) is 13.5. The lowest BCUT2D eigenvalue weighted by molar-refractivity contribution is -0.141. The first-order chi connectivity index (χ1) is 24.5. The molecule has 2 aromatic rings. The van der Waals surface area contributed by atoms with Crippen LogP contribution in [-0.4, -0.2) is 74.8 Å². The second-order valence-corrected chi connectivity index (χ2v) is 13.5. The van der Waals surface area contributed by atoms with Crippen molar-refractivity contribution in [3.05, 3.63) is 71.8 Å². The molecule has 3 rings (SSSR count). The third kappa shape index (κ3) is 13.6. The van der Waals surface area contributed by atoms with Crippen LogP contribution in [0.25, 0.3) is 0 Å². The van der Waals surface area contributed by atoms with E-state index < -0.39 is 48.2 Å². The van der Waals surface area contributed by atoms with Gasteiger partial charge in [-0.3, -0.25) is 38.5 Å². The number of hydrogen-bond acceptors (Lipinski definition) is 10. The number of imide groups is 1. The Morgan fingerprint density at radius 3 is 1.42 bits per heavy atom. The number of hydrogen-bond donors (Lipinski definition) is 6. The van der Waals surface area contributed by atoms with Gasteiger partial charge in [0, 0.05) is 48.2 Å². The lowest BCUT2D eigenvalue weighted by atomic mass is 9.92. The van der Waals surface area contributed by atoms with E-state index in [1.807, 2.05) is 13.8 Å². The zero-order valence-corrected chi connectivity index (χ0v) is 30.5. The van der Waals surface area contributed by atoms with Crippen LogP contribution in [0.3, 0.4) is 0 Å². The summed E-state index contributed by atoms with van der Waals surface area (Å²) in [5.41, 5.74) is 8.47. The van der Waals surface area contributed by atoms with Crippen LogP contribution >= 0.6 is 0 Å². The van der Waals surface area contributed by atoms with E-state index in [9.17, 15) is 33.6 Å². The second kappa shape index (κ2) is 20.7. The molecule has 4 atom stereocenters. The normalized spacial score (nSPS) is 14.6. The average molecular weight is 722 g/mol. The number of amides is 5. The fourth-order valence-corrected chi connectivity index (χ4v) is 4.91. The Labute approximate surface area is 304 Å². The van der Waals surface area contributed by atoms with E-state index in [4.69, 9.17) is 15.9 Å². The highest BCUT2D eigenvalue weighted by Gasteiger charge is 2.31. The highest BCUT2D eigenvalue weighted by molar-refractivity contribution is 6.14. The number of carbonyl (C=O) groups is 7. The minimum atomic E-state index is -0.854. The first kappa shape index (κ1) is 43.1. The SMILES string of the molecule is CC(C)C(N)C(=O)C[C@@H](C)C(=O)Nc1ccc(CO)cc1.CC(C)C(NC(=O)CN1C(=O)C=CC1=O)C(=O)C[C@@H](C)C(=O)Nc1ccc(CO)cc1. The van der Waals surface area contributed by atoms with E-state index in [2.05, 4.69) is 16.0 Å². The average Bonchev–Trinajstić information content (AvgIpc) is 3.42. The summed E-state index contributed by atoms with van der Waals surface area (Å²) < 4.78 is 0. The van der Waals surface area contributed by atoms with Crippen LogP contribution in [-0.2, 0) is 46.8 Å². The molecule has 1 aliphatic rings. The van der Waals surface area contributed by atoms with E-state index in [0.29, 0.717) is 16.9 Å². The standard InChI is InChI=1S/C22H27N3O6.C16H24N2O3/c1-13(2)21(24-18(28)11-25-19(29)8-9-20(25)30)17(27)10-14(3)22(31)23-16-6-4-15(12-26)5-7-16;1-10(2)15(17)14(20)8-11(3)16(21)18-13-6-4-12(9-19)5-7-13/h4-9,13-14,21,26H,10-12H2,1-3H3,(H,23,31)(H,24,28);4-7,10-11,15,19H,8-9,17H2,1-3H3,(H,18,21)/t14-,21?;11-,15?/m11/s1. The topological polar surface area (TPSA) is 225 Å². The maximum atomic E-state index is 12.8. The molecule has 0 spiro atoms. The third-order valence-electron chi connectivity index (χ3n) is 8.34. The first-order valence-corrected chi connectivity index (χ1v) is 17.1. The molecule has 0 saturated heterocycles. The highest BCUT2D eigenvalue weighted by atomic mass is 16.3. The number of carbonyl (C=O) groups excluding carboxylic acids is 7. The fraction of sp³-hybridized carbons (Fsp3) is 0.447. The van der Waals surface area contributed by atoms with Crippen LogP contribution in [0.15, 0.2) is 60.7 Å². The summed E-state index contributed by atoms with van der Waals surface area (Å²) in [5.74, 6) is -4.02. The fourth-order valence-electron chi connectivity index (χ4n) is 4.91. The van der Waals surface area contributed by atoms with E-state index in [-0.39, 0.29) is 61.3 Å². The highest BCUT2D eigenvalue weighted by Crippen LogP contribution is 2.17. The minimum Gasteiger partial charge on any atom is -0.392 e. The largest absolute Gasteiger partial charge is 0.392 e. The zero-order valence-electron chi connectivity index (χ0n) is 30.5. The monoisotopic (exact) mass is 721 g/mol. The lowest BCUT2D eigenvalue weighted by Gasteiger charge is -2.24. The number of anilines is 2. The molecule has 2 unspecified atom stereocenters. The van der Waals surface area contributed by atoms with Gasteiger partial charge in [-0.1, -0.05) is 65.8 Å². The summed E-state index contributed by atoms with van der Waals surface area (Å²) in [6.45, 7) is 10.00. The van der Waals surface area contributed by atoms with Crippen molar-refractivity contribution in [3.63, 3.8) is 0 Å². The number of ketones is 2. The van der Waals surface area contributed by atoms with Gasteiger partial charge in [-0.2, -0.15) is 0 Å². The molecule has 0 radical (unpaired) electrons. The van der Waals surface area contributed by atoms with Crippen molar-refractivity contribution in [2.75, 3.05) is 17.2 Å². The Balaban J connectivity index is 0.000000389. The summed E-state index contributed by atoms with van der Waals surface area (Å²) in [6, 6.07) is 12.2. The van der Waals surface area contributed by atoms with Gasteiger partial charge in [0.2, 0.25) is 17.7 Å². The molecule has 0 fully saturated rings. The van der Waals surface area contributed by atoms with E-state index in [0.717, 1.165) is 22.6 Å². The van der Waals surface area contributed by atoms with Gasteiger partial charge >= 0.3 is 0 Å². The molecule has 0 bridgehead atoms. The van der Waals surface area contributed by atoms with Crippen molar-refractivity contribution in [1.29, 1.82) is 0 Å². The number of aliphatic hydroxyl groups is 2. The smallest absolute Gasteiger partial charge is 0.254 e. The van der Waals surface area contributed by atoms with Crippen LogP contribution in [0.5, 0.6) is 0 Å². The van der Waals surface area contributed by atoms with Gasteiger partial charge in [-0.05, 0) is 47.2 Å². The quantitative estimate of drug-likeness (QED) is 0.131.